The maximum absolute atomic E-state index is 12.7. The summed E-state index contributed by atoms with van der Waals surface area (Å²) >= 11 is 1.74. The van der Waals surface area contributed by atoms with Crippen molar-refractivity contribution in [3.8, 4) is 0 Å². The van der Waals surface area contributed by atoms with E-state index < -0.39 is 0 Å². The number of halogens is 1. The molecule has 2 unspecified atom stereocenters. The molecule has 0 aromatic carbocycles. The van der Waals surface area contributed by atoms with Crippen molar-refractivity contribution in [2.45, 2.75) is 57.2 Å². The van der Waals surface area contributed by atoms with Gasteiger partial charge >= 0.3 is 0 Å². The van der Waals surface area contributed by atoms with E-state index >= 15 is 0 Å². The van der Waals surface area contributed by atoms with E-state index in [0.717, 1.165) is 32.2 Å². The summed E-state index contributed by atoms with van der Waals surface area (Å²) in [6.45, 7) is 0.799. The molecule has 2 aliphatic rings. The first-order valence-electron chi connectivity index (χ1n) is 7.32. The Morgan fingerprint density at radius 1 is 1.35 bits per heavy atom. The third-order valence-corrected chi connectivity index (χ3v) is 5.10. The summed E-state index contributed by atoms with van der Waals surface area (Å²) in [6, 6.07) is 4.91. The van der Waals surface area contributed by atoms with Gasteiger partial charge in [0.25, 0.3) is 0 Å². The Morgan fingerprint density at radius 3 is 2.75 bits per heavy atom. The van der Waals surface area contributed by atoms with Crippen LogP contribution in [0.1, 0.15) is 43.4 Å². The van der Waals surface area contributed by atoms with Crippen LogP contribution in [0.4, 0.5) is 0 Å². The average molecular weight is 315 g/mol. The van der Waals surface area contributed by atoms with Crippen molar-refractivity contribution in [3.63, 3.8) is 0 Å². The molecule has 2 N–H and O–H groups in total. The van der Waals surface area contributed by atoms with Gasteiger partial charge in [0.15, 0.2) is 0 Å². The Hall–Kier alpha value is -0.580. The van der Waals surface area contributed by atoms with E-state index in [-0.39, 0.29) is 24.4 Å². The average Bonchev–Trinajstić information content (AvgIpc) is 3.12. The molecule has 2 aliphatic carbocycles. The number of amides is 1. The van der Waals surface area contributed by atoms with Crippen LogP contribution in [-0.4, -0.2) is 22.9 Å². The normalized spacial score (nSPS) is 25.9. The summed E-state index contributed by atoms with van der Waals surface area (Å²) in [5, 5.41) is 2.08. The highest BCUT2D eigenvalue weighted by Gasteiger charge is 2.37. The van der Waals surface area contributed by atoms with E-state index in [2.05, 4.69) is 22.4 Å². The summed E-state index contributed by atoms with van der Waals surface area (Å²) < 4.78 is 0. The zero-order valence-electron chi connectivity index (χ0n) is 11.7. The predicted octanol–water partition coefficient (Wildman–Crippen LogP) is 3.18. The molecule has 0 aliphatic heterocycles. The van der Waals surface area contributed by atoms with Gasteiger partial charge < -0.3 is 10.6 Å². The molecule has 2 atom stereocenters. The fourth-order valence-electron chi connectivity index (χ4n) is 3.03. The highest BCUT2D eigenvalue weighted by Crippen LogP contribution is 2.33. The van der Waals surface area contributed by atoms with Crippen LogP contribution in [0.2, 0.25) is 0 Å². The van der Waals surface area contributed by atoms with E-state index in [1.54, 1.807) is 11.3 Å². The Morgan fingerprint density at radius 2 is 2.15 bits per heavy atom. The second kappa shape index (κ2) is 6.92. The number of hydrogen-bond acceptors (Lipinski definition) is 3. The molecule has 1 amide bonds. The van der Waals surface area contributed by atoms with Crippen LogP contribution in [0.15, 0.2) is 17.5 Å². The molecule has 20 heavy (non-hydrogen) atoms. The number of nitrogens with zero attached hydrogens (tertiary/aromatic N) is 1. The Kier molecular flexibility index (Phi) is 5.47. The minimum absolute atomic E-state index is 0. The molecule has 1 aromatic heterocycles. The van der Waals surface area contributed by atoms with Gasteiger partial charge in [-0.25, -0.2) is 0 Å². The Balaban J connectivity index is 0.00000147. The molecule has 1 aromatic rings. The van der Waals surface area contributed by atoms with Gasteiger partial charge in [-0.2, -0.15) is 0 Å². The number of thiophene rings is 1. The molecule has 0 bridgehead atoms. The van der Waals surface area contributed by atoms with E-state index in [9.17, 15) is 4.79 Å². The summed E-state index contributed by atoms with van der Waals surface area (Å²) in [4.78, 5) is 16.1. The third-order valence-electron chi connectivity index (χ3n) is 4.24. The summed E-state index contributed by atoms with van der Waals surface area (Å²) in [7, 11) is 0. The number of carbonyl (C=O) groups excluding carboxylic acids is 1. The maximum Gasteiger partial charge on any atom is 0.226 e. The fraction of sp³-hybridized carbons (Fsp3) is 0.667. The second-order valence-electron chi connectivity index (χ2n) is 5.90. The molecule has 0 radical (unpaired) electrons. The number of carbonyl (C=O) groups is 1. The summed E-state index contributed by atoms with van der Waals surface area (Å²) in [5.74, 6) is 0.523. The van der Waals surface area contributed by atoms with Crippen LogP contribution in [0.5, 0.6) is 0 Å². The number of rotatable bonds is 4. The lowest BCUT2D eigenvalue weighted by molar-refractivity contribution is -0.138. The van der Waals surface area contributed by atoms with Gasteiger partial charge in [-0.1, -0.05) is 12.5 Å². The van der Waals surface area contributed by atoms with Crippen LogP contribution in [0, 0.1) is 5.92 Å². The van der Waals surface area contributed by atoms with Gasteiger partial charge in [0.05, 0.1) is 6.54 Å². The second-order valence-corrected chi connectivity index (χ2v) is 6.93. The molecule has 0 saturated heterocycles. The molecule has 3 nitrogen and oxygen atoms in total. The van der Waals surface area contributed by atoms with Crippen molar-refractivity contribution < 1.29 is 4.79 Å². The molecule has 2 saturated carbocycles. The largest absolute Gasteiger partial charge is 0.334 e. The van der Waals surface area contributed by atoms with Gasteiger partial charge in [0, 0.05) is 22.9 Å². The van der Waals surface area contributed by atoms with Crippen LogP contribution in [0.25, 0.3) is 0 Å². The first-order valence-corrected chi connectivity index (χ1v) is 8.20. The summed E-state index contributed by atoms with van der Waals surface area (Å²) in [6.07, 6.45) is 6.45. The number of hydrogen-bond donors (Lipinski definition) is 1. The Bertz CT molecular complexity index is 433. The zero-order valence-corrected chi connectivity index (χ0v) is 13.3. The highest BCUT2D eigenvalue weighted by atomic mass is 35.5. The summed E-state index contributed by atoms with van der Waals surface area (Å²) in [5.41, 5.74) is 6.02. The smallest absolute Gasteiger partial charge is 0.226 e. The van der Waals surface area contributed by atoms with Crippen molar-refractivity contribution in [3.05, 3.63) is 22.4 Å². The van der Waals surface area contributed by atoms with Crippen molar-refractivity contribution in [1.82, 2.24) is 4.90 Å². The van der Waals surface area contributed by atoms with E-state index in [1.807, 2.05) is 0 Å². The van der Waals surface area contributed by atoms with Gasteiger partial charge in [0.1, 0.15) is 0 Å². The highest BCUT2D eigenvalue weighted by molar-refractivity contribution is 7.09. The number of nitrogens with two attached hydrogens (primary N) is 1. The quantitative estimate of drug-likeness (QED) is 0.927. The predicted molar refractivity (Wildman–Crippen MR) is 85.1 cm³/mol. The monoisotopic (exact) mass is 314 g/mol. The van der Waals surface area contributed by atoms with Gasteiger partial charge in [-0.3, -0.25) is 4.79 Å². The third kappa shape index (κ3) is 3.74. The molecule has 1 heterocycles. The van der Waals surface area contributed by atoms with Gasteiger partial charge in [0.2, 0.25) is 5.91 Å². The molecule has 3 rings (SSSR count). The van der Waals surface area contributed by atoms with Crippen molar-refractivity contribution in [2.24, 2.45) is 11.7 Å². The minimum atomic E-state index is 0. The topological polar surface area (TPSA) is 46.3 Å². The van der Waals surface area contributed by atoms with Crippen molar-refractivity contribution in [2.75, 3.05) is 0 Å². The molecular formula is C15H23ClN2OS. The van der Waals surface area contributed by atoms with E-state index in [4.69, 9.17) is 5.73 Å². The van der Waals surface area contributed by atoms with Crippen LogP contribution in [-0.2, 0) is 11.3 Å². The Labute approximate surface area is 130 Å². The fourth-order valence-corrected chi connectivity index (χ4v) is 3.73. The minimum Gasteiger partial charge on any atom is -0.334 e. The standard InChI is InChI=1S/C15H22N2OS.ClH/c16-12-4-1-3-11(9-12)15(18)17(13-6-7-13)10-14-5-2-8-19-14;/h2,5,8,11-13H,1,3-4,6-7,9-10,16H2;1H. The molecular weight excluding hydrogens is 292 g/mol. The lowest BCUT2D eigenvalue weighted by Crippen LogP contribution is -2.41. The van der Waals surface area contributed by atoms with Crippen LogP contribution >= 0.6 is 23.7 Å². The molecule has 2 fully saturated rings. The molecule has 0 spiro atoms. The van der Waals surface area contributed by atoms with E-state index in [1.165, 1.54) is 17.7 Å². The van der Waals surface area contributed by atoms with Gasteiger partial charge in [-0.05, 0) is 43.6 Å². The molecule has 112 valence electrons. The zero-order chi connectivity index (χ0) is 13.2. The van der Waals surface area contributed by atoms with Crippen LogP contribution < -0.4 is 5.73 Å². The maximum atomic E-state index is 12.7. The van der Waals surface area contributed by atoms with Crippen LogP contribution in [0.3, 0.4) is 0 Å². The van der Waals surface area contributed by atoms with E-state index in [0.29, 0.717) is 11.9 Å². The lowest BCUT2D eigenvalue weighted by Gasteiger charge is -2.31. The first kappa shape index (κ1) is 15.8. The van der Waals surface area contributed by atoms with Crippen molar-refractivity contribution in [1.29, 1.82) is 0 Å². The van der Waals surface area contributed by atoms with Crippen molar-refractivity contribution >= 4 is 29.7 Å². The SMILES string of the molecule is Cl.NC1CCCC(C(=O)N(Cc2cccs2)C2CC2)C1. The van der Waals surface area contributed by atoms with Gasteiger partial charge in [-0.15, -0.1) is 23.7 Å². The first-order chi connectivity index (χ1) is 9.24. The lowest BCUT2D eigenvalue weighted by atomic mass is 9.85. The molecule has 5 heteroatoms.